The van der Waals surface area contributed by atoms with Crippen molar-refractivity contribution in [3.63, 3.8) is 0 Å². The summed E-state index contributed by atoms with van der Waals surface area (Å²) in [5, 5.41) is 8.87. The van der Waals surface area contributed by atoms with Crippen LogP contribution in [0, 0.1) is 0 Å². The molecule has 1 N–H and O–H groups in total. The third-order valence-corrected chi connectivity index (χ3v) is 3.37. The molecule has 0 saturated carbocycles. The van der Waals surface area contributed by atoms with Crippen molar-refractivity contribution < 1.29 is 0 Å². The van der Waals surface area contributed by atoms with Crippen LogP contribution in [0.15, 0.2) is 30.6 Å². The van der Waals surface area contributed by atoms with Gasteiger partial charge in [-0.25, -0.2) is 0 Å². The highest BCUT2D eigenvalue weighted by atomic mass is 35.5. The summed E-state index contributed by atoms with van der Waals surface area (Å²) in [4.78, 5) is 0. The van der Waals surface area contributed by atoms with Gasteiger partial charge in [-0.05, 0) is 26.0 Å². The second-order valence-electron chi connectivity index (χ2n) is 4.36. The summed E-state index contributed by atoms with van der Waals surface area (Å²) in [6.07, 6.45) is 3.76. The summed E-state index contributed by atoms with van der Waals surface area (Å²) in [5.41, 5.74) is 1.86. The van der Waals surface area contributed by atoms with E-state index in [1.807, 2.05) is 29.1 Å². The van der Waals surface area contributed by atoms with Crippen LogP contribution < -0.4 is 5.32 Å². The van der Waals surface area contributed by atoms with E-state index >= 15 is 0 Å². The molecule has 0 bridgehead atoms. The Morgan fingerprint density at radius 3 is 2.50 bits per heavy atom. The highest BCUT2D eigenvalue weighted by Gasteiger charge is 2.06. The van der Waals surface area contributed by atoms with Gasteiger partial charge in [0.15, 0.2) is 0 Å². The molecule has 96 valence electrons. The number of benzene rings is 1. The first kappa shape index (κ1) is 13.2. The molecule has 0 unspecified atom stereocenters. The van der Waals surface area contributed by atoms with Crippen molar-refractivity contribution in [3.8, 4) is 0 Å². The molecule has 3 nitrogen and oxygen atoms in total. The van der Waals surface area contributed by atoms with Gasteiger partial charge in [-0.1, -0.05) is 29.3 Å². The van der Waals surface area contributed by atoms with Crippen LogP contribution in [0.3, 0.4) is 0 Å². The maximum absolute atomic E-state index is 6.11. The molecular weight excluding hydrogens is 269 g/mol. The number of rotatable bonds is 4. The zero-order valence-corrected chi connectivity index (χ0v) is 11.8. The average molecular weight is 284 g/mol. The first-order valence-corrected chi connectivity index (χ1v) is 6.54. The van der Waals surface area contributed by atoms with Crippen molar-refractivity contribution in [1.29, 1.82) is 0 Å². The zero-order valence-electron chi connectivity index (χ0n) is 10.3. The monoisotopic (exact) mass is 283 g/mol. The number of hydrogen-bond donors (Lipinski definition) is 1. The molecule has 1 aromatic heterocycles. The second kappa shape index (κ2) is 5.63. The molecule has 0 aliphatic carbocycles. The molecule has 0 aliphatic heterocycles. The number of nitrogens with one attached hydrogen (secondary N) is 1. The second-order valence-corrected chi connectivity index (χ2v) is 5.17. The third kappa shape index (κ3) is 2.98. The zero-order chi connectivity index (χ0) is 13.1. The first-order valence-electron chi connectivity index (χ1n) is 5.79. The predicted molar refractivity (Wildman–Crippen MR) is 76.4 cm³/mol. The van der Waals surface area contributed by atoms with E-state index in [4.69, 9.17) is 23.2 Å². The Bertz CT molecular complexity index is 515. The normalized spacial score (nSPS) is 10.9. The van der Waals surface area contributed by atoms with E-state index < -0.39 is 0 Å². The summed E-state index contributed by atoms with van der Waals surface area (Å²) < 4.78 is 1.90. The Labute approximate surface area is 117 Å². The lowest BCUT2D eigenvalue weighted by atomic mass is 10.2. The molecule has 0 fully saturated rings. The van der Waals surface area contributed by atoms with Crippen LogP contribution in [0.5, 0.6) is 0 Å². The summed E-state index contributed by atoms with van der Waals surface area (Å²) >= 11 is 12.2. The van der Waals surface area contributed by atoms with Gasteiger partial charge in [-0.3, -0.25) is 4.68 Å². The molecule has 1 heterocycles. The standard InChI is InChI=1S/C13H15Cl2N3/c1-9(2)18-8-10(6-17-18)16-7-11-12(14)4-3-5-13(11)15/h3-6,8-9,16H,7H2,1-2H3. The summed E-state index contributed by atoms with van der Waals surface area (Å²) in [7, 11) is 0. The van der Waals surface area contributed by atoms with Crippen LogP contribution in [0.4, 0.5) is 5.69 Å². The maximum Gasteiger partial charge on any atom is 0.0729 e. The molecule has 1 aromatic carbocycles. The fourth-order valence-electron chi connectivity index (χ4n) is 1.60. The molecule has 18 heavy (non-hydrogen) atoms. The van der Waals surface area contributed by atoms with Gasteiger partial charge in [-0.2, -0.15) is 5.10 Å². The van der Waals surface area contributed by atoms with Gasteiger partial charge in [0.05, 0.1) is 11.9 Å². The highest BCUT2D eigenvalue weighted by molar-refractivity contribution is 6.36. The van der Waals surface area contributed by atoms with Gasteiger partial charge >= 0.3 is 0 Å². The highest BCUT2D eigenvalue weighted by Crippen LogP contribution is 2.25. The van der Waals surface area contributed by atoms with Crippen molar-refractivity contribution in [2.24, 2.45) is 0 Å². The predicted octanol–water partition coefficient (Wildman–Crippen LogP) is 4.38. The van der Waals surface area contributed by atoms with Crippen LogP contribution >= 0.6 is 23.2 Å². The van der Waals surface area contributed by atoms with Crippen molar-refractivity contribution in [2.45, 2.75) is 26.4 Å². The lowest BCUT2D eigenvalue weighted by molar-refractivity contribution is 0.532. The third-order valence-electron chi connectivity index (χ3n) is 2.66. The SMILES string of the molecule is CC(C)n1cc(NCc2c(Cl)cccc2Cl)cn1. The summed E-state index contributed by atoms with van der Waals surface area (Å²) in [6.45, 7) is 4.76. The van der Waals surface area contributed by atoms with Crippen molar-refractivity contribution in [1.82, 2.24) is 9.78 Å². The van der Waals surface area contributed by atoms with Crippen molar-refractivity contribution in [2.75, 3.05) is 5.32 Å². The lowest BCUT2D eigenvalue weighted by Crippen LogP contribution is -2.01. The quantitative estimate of drug-likeness (QED) is 0.902. The van der Waals surface area contributed by atoms with Gasteiger partial charge < -0.3 is 5.32 Å². The Morgan fingerprint density at radius 2 is 1.94 bits per heavy atom. The summed E-state index contributed by atoms with van der Waals surface area (Å²) in [6, 6.07) is 5.86. The van der Waals surface area contributed by atoms with Gasteiger partial charge in [0, 0.05) is 34.4 Å². The van der Waals surface area contributed by atoms with Gasteiger partial charge in [0.25, 0.3) is 0 Å². The Balaban J connectivity index is 2.07. The van der Waals surface area contributed by atoms with Crippen molar-refractivity contribution >= 4 is 28.9 Å². The topological polar surface area (TPSA) is 29.9 Å². The molecule has 0 aliphatic rings. The van der Waals surface area contributed by atoms with Crippen LogP contribution in [0.1, 0.15) is 25.5 Å². The fourth-order valence-corrected chi connectivity index (χ4v) is 2.13. The minimum atomic E-state index is 0.351. The number of hydrogen-bond acceptors (Lipinski definition) is 2. The molecule has 0 spiro atoms. The van der Waals surface area contributed by atoms with E-state index in [1.54, 1.807) is 6.20 Å². The van der Waals surface area contributed by atoms with E-state index in [0.717, 1.165) is 11.3 Å². The summed E-state index contributed by atoms with van der Waals surface area (Å²) in [5.74, 6) is 0. The van der Waals surface area contributed by atoms with Crippen LogP contribution in [0.2, 0.25) is 10.0 Å². The van der Waals surface area contributed by atoms with E-state index in [2.05, 4.69) is 24.3 Å². The van der Waals surface area contributed by atoms with Crippen LogP contribution in [0.25, 0.3) is 0 Å². The van der Waals surface area contributed by atoms with E-state index in [1.165, 1.54) is 0 Å². The van der Waals surface area contributed by atoms with Crippen molar-refractivity contribution in [3.05, 3.63) is 46.2 Å². The molecule has 0 atom stereocenters. The van der Waals surface area contributed by atoms with E-state index in [9.17, 15) is 0 Å². The van der Waals surface area contributed by atoms with Crippen LogP contribution in [-0.4, -0.2) is 9.78 Å². The number of anilines is 1. The Hall–Kier alpha value is -1.19. The lowest BCUT2D eigenvalue weighted by Gasteiger charge is -2.08. The largest absolute Gasteiger partial charge is 0.378 e. The molecule has 2 aromatic rings. The Morgan fingerprint density at radius 1 is 1.28 bits per heavy atom. The van der Waals surface area contributed by atoms with Gasteiger partial charge in [-0.15, -0.1) is 0 Å². The first-order chi connectivity index (χ1) is 8.58. The smallest absolute Gasteiger partial charge is 0.0729 e. The average Bonchev–Trinajstić information content (AvgIpc) is 2.77. The number of halogens is 2. The van der Waals surface area contributed by atoms with Gasteiger partial charge in [0.2, 0.25) is 0 Å². The number of aromatic nitrogens is 2. The van der Waals surface area contributed by atoms with E-state index in [-0.39, 0.29) is 0 Å². The fraction of sp³-hybridized carbons (Fsp3) is 0.308. The molecular formula is C13H15Cl2N3. The molecule has 0 amide bonds. The maximum atomic E-state index is 6.11. The number of nitrogens with zero attached hydrogens (tertiary/aromatic N) is 2. The van der Waals surface area contributed by atoms with E-state index in [0.29, 0.717) is 22.6 Å². The Kier molecular flexibility index (Phi) is 4.15. The van der Waals surface area contributed by atoms with Gasteiger partial charge in [0.1, 0.15) is 0 Å². The van der Waals surface area contributed by atoms with Crippen LogP contribution in [-0.2, 0) is 6.54 Å². The minimum absolute atomic E-state index is 0.351. The molecule has 5 heteroatoms. The minimum Gasteiger partial charge on any atom is -0.378 e. The molecule has 0 radical (unpaired) electrons. The molecule has 2 rings (SSSR count). The molecule has 0 saturated heterocycles.